The SMILES string of the molecule is CCN1C(C)=CS[C@]12/C(=C(/C)C(=O)OC)N(c1ccc(Cl)cc1)C(=Nc1ccc(Cl)cc1)[C@]2(C)C(=O)OC. The van der Waals surface area contributed by atoms with E-state index in [1.54, 1.807) is 43.3 Å². The number of hydrogen-bond donors (Lipinski definition) is 0. The summed E-state index contributed by atoms with van der Waals surface area (Å²) in [5.74, 6) is -0.619. The summed E-state index contributed by atoms with van der Waals surface area (Å²) in [5.41, 5.74) is 1.74. The largest absolute Gasteiger partial charge is 0.468 e. The van der Waals surface area contributed by atoms with Crippen molar-refractivity contribution in [1.82, 2.24) is 4.90 Å². The first-order valence-electron chi connectivity index (χ1n) is 12.0. The van der Waals surface area contributed by atoms with Crippen molar-refractivity contribution in [1.29, 1.82) is 0 Å². The van der Waals surface area contributed by atoms with Crippen LogP contribution in [0.2, 0.25) is 10.0 Å². The number of carbonyl (C=O) groups excluding carboxylic acids is 2. The van der Waals surface area contributed by atoms with Crippen LogP contribution in [0.1, 0.15) is 27.7 Å². The first-order valence-corrected chi connectivity index (χ1v) is 13.6. The minimum Gasteiger partial charge on any atom is -0.468 e. The molecule has 1 fully saturated rings. The van der Waals surface area contributed by atoms with Crippen LogP contribution in [0.25, 0.3) is 0 Å². The van der Waals surface area contributed by atoms with Gasteiger partial charge in [-0.3, -0.25) is 9.69 Å². The number of nitrogens with zero attached hydrogens (tertiary/aromatic N) is 3. The number of amidine groups is 1. The molecule has 0 unspecified atom stereocenters. The van der Waals surface area contributed by atoms with Crippen molar-refractivity contribution in [2.24, 2.45) is 10.4 Å². The molecule has 0 N–H and O–H groups in total. The lowest BCUT2D eigenvalue weighted by atomic mass is 9.80. The fourth-order valence-corrected chi connectivity index (χ4v) is 7.09. The molecule has 38 heavy (non-hydrogen) atoms. The van der Waals surface area contributed by atoms with Crippen LogP contribution < -0.4 is 4.90 Å². The maximum Gasteiger partial charge on any atom is 0.335 e. The fourth-order valence-electron chi connectivity index (χ4n) is 5.21. The van der Waals surface area contributed by atoms with Crippen molar-refractivity contribution in [2.45, 2.75) is 32.6 Å². The number of allylic oxidation sites excluding steroid dienone is 1. The van der Waals surface area contributed by atoms with Gasteiger partial charge in [0.2, 0.25) is 0 Å². The minimum atomic E-state index is -1.37. The number of benzene rings is 2. The predicted molar refractivity (Wildman–Crippen MR) is 154 cm³/mol. The number of anilines is 1. The standard InChI is InChI=1S/C28H29Cl2N3O4S/c1-7-32-17(2)16-38-28(32)23(18(3)24(34)36-5)33(22-14-10-20(30)11-15-22)25(27(28,4)26(35)37-6)31-21-12-8-19(29)9-13-21/h8-16H,7H2,1-6H3/b23-18+,31-25?/t27-,28+/m1/s1. The van der Waals surface area contributed by atoms with Gasteiger partial charge in [0.25, 0.3) is 0 Å². The van der Waals surface area contributed by atoms with Crippen LogP contribution in [0.15, 0.2) is 75.9 Å². The van der Waals surface area contributed by atoms with Crippen LogP contribution >= 0.6 is 35.0 Å². The summed E-state index contributed by atoms with van der Waals surface area (Å²) < 4.78 is 10.7. The smallest absolute Gasteiger partial charge is 0.335 e. The molecule has 2 heterocycles. The third-order valence-corrected chi connectivity index (χ3v) is 9.12. The van der Waals surface area contributed by atoms with Crippen molar-refractivity contribution in [2.75, 3.05) is 25.7 Å². The lowest BCUT2D eigenvalue weighted by Crippen LogP contribution is -2.58. The minimum absolute atomic E-state index is 0.341. The van der Waals surface area contributed by atoms with Gasteiger partial charge in [0, 0.05) is 28.0 Å². The molecular formula is C28H29Cl2N3O4S. The Hall–Kier alpha value is -2.94. The van der Waals surface area contributed by atoms with Gasteiger partial charge in [0.1, 0.15) is 5.84 Å². The van der Waals surface area contributed by atoms with E-state index in [0.29, 0.717) is 45.1 Å². The van der Waals surface area contributed by atoms with E-state index in [2.05, 4.69) is 4.90 Å². The Balaban J connectivity index is 2.19. The zero-order chi connectivity index (χ0) is 27.8. The zero-order valence-electron chi connectivity index (χ0n) is 22.0. The monoisotopic (exact) mass is 573 g/mol. The summed E-state index contributed by atoms with van der Waals surface area (Å²) in [6.07, 6.45) is 0. The van der Waals surface area contributed by atoms with Gasteiger partial charge in [0.15, 0.2) is 10.3 Å². The van der Waals surface area contributed by atoms with Gasteiger partial charge < -0.3 is 14.4 Å². The topological polar surface area (TPSA) is 71.4 Å². The highest BCUT2D eigenvalue weighted by molar-refractivity contribution is 8.04. The van der Waals surface area contributed by atoms with E-state index in [0.717, 1.165) is 5.70 Å². The zero-order valence-corrected chi connectivity index (χ0v) is 24.4. The first-order chi connectivity index (χ1) is 18.1. The molecule has 4 rings (SSSR count). The van der Waals surface area contributed by atoms with Gasteiger partial charge in [-0.2, -0.15) is 0 Å². The van der Waals surface area contributed by atoms with Crippen molar-refractivity contribution in [3.63, 3.8) is 0 Å². The molecule has 0 bridgehead atoms. The second-order valence-corrected chi connectivity index (χ2v) is 11.0. The molecular weight excluding hydrogens is 545 g/mol. The lowest BCUT2D eigenvalue weighted by molar-refractivity contribution is -0.150. The normalized spacial score (nSPS) is 25.2. The van der Waals surface area contributed by atoms with E-state index >= 15 is 0 Å². The quantitative estimate of drug-likeness (QED) is 0.288. The van der Waals surface area contributed by atoms with Gasteiger partial charge in [-0.15, -0.1) is 0 Å². The molecule has 7 nitrogen and oxygen atoms in total. The number of thioether (sulfide) groups is 1. The molecule has 0 aliphatic carbocycles. The molecule has 2 aliphatic rings. The van der Waals surface area contributed by atoms with Gasteiger partial charge in [0.05, 0.1) is 31.2 Å². The van der Waals surface area contributed by atoms with Gasteiger partial charge >= 0.3 is 11.9 Å². The van der Waals surface area contributed by atoms with E-state index in [1.165, 1.54) is 26.0 Å². The van der Waals surface area contributed by atoms with Crippen LogP contribution in [0.3, 0.4) is 0 Å². The summed E-state index contributed by atoms with van der Waals surface area (Å²) in [4.78, 5) is 35.0. The van der Waals surface area contributed by atoms with E-state index in [9.17, 15) is 9.59 Å². The summed E-state index contributed by atoms with van der Waals surface area (Å²) in [7, 11) is 2.70. The third kappa shape index (κ3) is 4.19. The average molecular weight is 575 g/mol. The van der Waals surface area contributed by atoms with Gasteiger partial charge in [-0.1, -0.05) is 35.0 Å². The van der Waals surface area contributed by atoms with E-state index < -0.39 is 22.2 Å². The Kier molecular flexibility index (Phi) is 7.89. The summed E-state index contributed by atoms with van der Waals surface area (Å²) >= 11 is 13.8. The third-order valence-electron chi connectivity index (χ3n) is 6.99. The number of likely N-dealkylation sites (N-methyl/N-ethyl adjacent to an activating group) is 1. The Labute approximate surface area is 237 Å². The second kappa shape index (κ2) is 10.7. The molecule has 2 atom stereocenters. The van der Waals surface area contributed by atoms with Gasteiger partial charge in [-0.05, 0) is 81.6 Å². The number of carbonyl (C=O) groups is 2. The predicted octanol–water partition coefficient (Wildman–Crippen LogP) is 6.80. The molecule has 2 aliphatic heterocycles. The molecule has 0 saturated carbocycles. The lowest BCUT2D eigenvalue weighted by Gasteiger charge is -2.45. The van der Waals surface area contributed by atoms with Crippen LogP contribution in [0.5, 0.6) is 0 Å². The molecule has 1 spiro atoms. The number of hydrogen-bond acceptors (Lipinski definition) is 7. The highest BCUT2D eigenvalue weighted by atomic mass is 35.5. The van der Waals surface area contributed by atoms with Crippen molar-refractivity contribution in [3.8, 4) is 0 Å². The van der Waals surface area contributed by atoms with E-state index in [-0.39, 0.29) is 0 Å². The Morgan fingerprint density at radius 3 is 2.11 bits per heavy atom. The van der Waals surface area contributed by atoms with Crippen molar-refractivity contribution >= 4 is 64.1 Å². The maximum atomic E-state index is 14.0. The number of aliphatic imine (C=N–C) groups is 1. The Bertz CT molecular complexity index is 1360. The number of ether oxygens (including phenoxy) is 2. The van der Waals surface area contributed by atoms with Gasteiger partial charge in [-0.25, -0.2) is 9.79 Å². The van der Waals surface area contributed by atoms with Crippen LogP contribution in [-0.4, -0.2) is 48.3 Å². The number of esters is 2. The molecule has 0 radical (unpaired) electrons. The molecule has 0 aromatic heterocycles. The maximum absolute atomic E-state index is 14.0. The van der Waals surface area contributed by atoms with Crippen LogP contribution in [0.4, 0.5) is 11.4 Å². The average Bonchev–Trinajstić information content (AvgIpc) is 3.37. The molecule has 0 amide bonds. The Morgan fingerprint density at radius 1 is 1.00 bits per heavy atom. The summed E-state index contributed by atoms with van der Waals surface area (Å²) in [6.45, 7) is 8.07. The number of halogens is 2. The molecule has 2 aromatic rings. The second-order valence-electron chi connectivity index (χ2n) is 9.07. The van der Waals surface area contributed by atoms with Crippen molar-refractivity contribution in [3.05, 3.63) is 81.0 Å². The number of methoxy groups -OCH3 is 2. The molecule has 10 heteroatoms. The number of rotatable bonds is 5. The van der Waals surface area contributed by atoms with Crippen molar-refractivity contribution < 1.29 is 19.1 Å². The highest BCUT2D eigenvalue weighted by Crippen LogP contribution is 2.63. The first kappa shape index (κ1) is 28.1. The fraction of sp³-hybridized carbons (Fsp3) is 0.321. The van der Waals surface area contributed by atoms with E-state index in [1.807, 2.05) is 43.2 Å². The molecule has 2 aromatic carbocycles. The molecule has 200 valence electrons. The van der Waals surface area contributed by atoms with Crippen LogP contribution in [0, 0.1) is 5.41 Å². The summed E-state index contributed by atoms with van der Waals surface area (Å²) in [6, 6.07) is 14.2. The summed E-state index contributed by atoms with van der Waals surface area (Å²) in [5, 5.41) is 3.11. The molecule has 1 saturated heterocycles. The van der Waals surface area contributed by atoms with E-state index in [4.69, 9.17) is 37.7 Å². The van der Waals surface area contributed by atoms with Crippen LogP contribution in [-0.2, 0) is 19.1 Å². The Morgan fingerprint density at radius 2 is 1.58 bits per heavy atom. The highest BCUT2D eigenvalue weighted by Gasteiger charge is 2.72.